The lowest BCUT2D eigenvalue weighted by molar-refractivity contribution is 0.159. The number of hydrogen-bond acceptors (Lipinski definition) is 5. The molecule has 3 aliphatic rings. The van der Waals surface area contributed by atoms with E-state index >= 15 is 0 Å². The van der Waals surface area contributed by atoms with E-state index in [2.05, 4.69) is 158 Å². The Morgan fingerprint density at radius 2 is 1.31 bits per heavy atom. The van der Waals surface area contributed by atoms with Crippen molar-refractivity contribution >= 4 is 41.0 Å². The summed E-state index contributed by atoms with van der Waals surface area (Å²) in [6.07, 6.45) is -0.473. The molecular formula is C40H41N6PS. The van der Waals surface area contributed by atoms with Crippen molar-refractivity contribution in [2.75, 3.05) is 38.1 Å². The molecule has 242 valence electrons. The molecule has 4 aromatic carbocycles. The van der Waals surface area contributed by atoms with Gasteiger partial charge in [0, 0.05) is 61.6 Å². The number of aromatic nitrogens is 2. The van der Waals surface area contributed by atoms with Crippen molar-refractivity contribution in [3.8, 4) is 5.69 Å². The van der Waals surface area contributed by atoms with Crippen molar-refractivity contribution in [2.45, 2.75) is 32.2 Å². The third kappa shape index (κ3) is 4.87. The molecule has 8 rings (SSSR count). The molecule has 1 fully saturated rings. The van der Waals surface area contributed by atoms with Gasteiger partial charge in [-0.1, -0.05) is 123 Å². The van der Waals surface area contributed by atoms with Crippen LogP contribution >= 0.6 is 6.19 Å². The predicted octanol–water partition coefficient (Wildman–Crippen LogP) is 7.96. The van der Waals surface area contributed by atoms with Gasteiger partial charge in [0.1, 0.15) is 0 Å². The minimum atomic E-state index is -2.58. The van der Waals surface area contributed by atoms with Crippen molar-refractivity contribution in [1.82, 2.24) is 19.4 Å². The summed E-state index contributed by atoms with van der Waals surface area (Å²) in [5, 5.41) is 7.43. The molecule has 1 aromatic heterocycles. The third-order valence-corrected chi connectivity index (χ3v) is 15.5. The molecule has 0 radical (unpaired) electrons. The van der Waals surface area contributed by atoms with Gasteiger partial charge in [-0.3, -0.25) is 9.57 Å². The monoisotopic (exact) mass is 668 g/mol. The maximum atomic E-state index is 7.18. The van der Waals surface area contributed by atoms with Crippen LogP contribution in [0, 0.1) is 6.92 Å². The van der Waals surface area contributed by atoms with Crippen LogP contribution in [0.2, 0.25) is 0 Å². The Balaban J connectivity index is 1.25. The molecule has 5 aromatic rings. The van der Waals surface area contributed by atoms with Crippen molar-refractivity contribution < 1.29 is 0 Å². The van der Waals surface area contributed by atoms with E-state index < -0.39 is 6.19 Å². The van der Waals surface area contributed by atoms with Crippen LogP contribution in [-0.4, -0.2) is 58.8 Å². The minimum absolute atomic E-state index is 0.187. The molecule has 6 nitrogen and oxygen atoms in total. The van der Waals surface area contributed by atoms with Gasteiger partial charge >= 0.3 is 0 Å². The molecule has 4 heterocycles. The lowest BCUT2D eigenvalue weighted by Gasteiger charge is -2.46. The highest BCUT2D eigenvalue weighted by Gasteiger charge is 2.48. The van der Waals surface area contributed by atoms with Crippen LogP contribution in [0.3, 0.4) is 0 Å². The van der Waals surface area contributed by atoms with Crippen LogP contribution in [0.5, 0.6) is 0 Å². The molecule has 3 aliphatic heterocycles. The molecule has 8 heteroatoms. The maximum absolute atomic E-state index is 7.18. The van der Waals surface area contributed by atoms with Gasteiger partial charge in [0.05, 0.1) is 28.9 Å². The van der Waals surface area contributed by atoms with E-state index in [0.717, 1.165) is 48.7 Å². The summed E-state index contributed by atoms with van der Waals surface area (Å²) in [7, 11) is 2.20. The first-order chi connectivity index (χ1) is 23.3. The molecule has 48 heavy (non-hydrogen) atoms. The number of fused-ring (bicyclic) bond motifs is 2. The topological polar surface area (TPSA) is 39.9 Å². The lowest BCUT2D eigenvalue weighted by Crippen LogP contribution is -2.48. The Morgan fingerprint density at radius 1 is 0.750 bits per heavy atom. The minimum Gasteiger partial charge on any atom is -0.346 e. The number of para-hydroxylation sites is 2. The summed E-state index contributed by atoms with van der Waals surface area (Å²) in [5.41, 5.74) is 8.20. The summed E-state index contributed by atoms with van der Waals surface area (Å²) >= 11 is 7.18. The molecular weight excluding hydrogens is 628 g/mol. The smallest absolute Gasteiger partial charge is 0.165 e. The van der Waals surface area contributed by atoms with Gasteiger partial charge in [-0.2, -0.15) is 5.10 Å². The molecule has 1 saturated heterocycles. The van der Waals surface area contributed by atoms with E-state index in [0.29, 0.717) is 0 Å². The fourth-order valence-corrected chi connectivity index (χ4v) is 13.1. The second-order valence-electron chi connectivity index (χ2n) is 13.5. The van der Waals surface area contributed by atoms with Gasteiger partial charge < -0.3 is 4.90 Å². The highest BCUT2D eigenvalue weighted by molar-refractivity contribution is 8.19. The zero-order chi connectivity index (χ0) is 33.0. The molecule has 0 bridgehead atoms. The van der Waals surface area contributed by atoms with Crippen LogP contribution in [0.1, 0.15) is 42.3 Å². The predicted molar refractivity (Wildman–Crippen MR) is 203 cm³/mol. The van der Waals surface area contributed by atoms with Gasteiger partial charge in [-0.25, -0.2) is 9.67 Å². The number of aliphatic imine (C=N–C) groups is 1. The molecule has 0 saturated carbocycles. The summed E-state index contributed by atoms with van der Waals surface area (Å²) in [6.45, 7) is 10.3. The number of benzene rings is 4. The van der Waals surface area contributed by atoms with Crippen LogP contribution < -0.4 is 10.2 Å². The number of piperazine rings is 1. The number of likely N-dealkylation sites (N-methyl/N-ethyl adjacent to an activating group) is 1. The average Bonchev–Trinajstić information content (AvgIpc) is 3.57. The molecule has 0 aliphatic carbocycles. The van der Waals surface area contributed by atoms with E-state index in [1.54, 1.807) is 0 Å². The van der Waals surface area contributed by atoms with E-state index in [1.807, 2.05) is 10.7 Å². The summed E-state index contributed by atoms with van der Waals surface area (Å²) in [6, 6.07) is 41.1. The first-order valence-corrected chi connectivity index (χ1v) is 19.5. The summed E-state index contributed by atoms with van der Waals surface area (Å²) < 4.78 is 4.63. The van der Waals surface area contributed by atoms with E-state index in [1.165, 1.54) is 33.4 Å². The van der Waals surface area contributed by atoms with E-state index in [4.69, 9.17) is 21.9 Å². The summed E-state index contributed by atoms with van der Waals surface area (Å²) in [4.78, 5) is 10.2. The normalized spacial score (nSPS) is 22.2. The van der Waals surface area contributed by atoms with Crippen LogP contribution in [-0.2, 0) is 17.2 Å². The van der Waals surface area contributed by atoms with Gasteiger partial charge in [0.2, 0.25) is 0 Å². The van der Waals surface area contributed by atoms with Gasteiger partial charge in [0.15, 0.2) is 5.82 Å². The van der Waals surface area contributed by atoms with Crippen molar-refractivity contribution in [1.29, 1.82) is 0 Å². The lowest BCUT2D eigenvalue weighted by atomic mass is 9.84. The Kier molecular flexibility index (Phi) is 7.84. The Bertz CT molecular complexity index is 2040. The number of allylic oxidation sites excluding steroid dienone is 2. The SMILES string of the molecule is Cc1nn(-c2ccccc2)c2c1P(=S)(N1CCN(C(c3ccccc3)c3ccccc3)CC1)C(=C1N(C)c3ccccc3C1(C)C)C=N2. The maximum Gasteiger partial charge on any atom is 0.165 e. The Morgan fingerprint density at radius 3 is 1.92 bits per heavy atom. The molecule has 0 amide bonds. The number of hydrogen-bond donors (Lipinski definition) is 0. The van der Waals surface area contributed by atoms with Crippen molar-refractivity contribution in [3.05, 3.63) is 149 Å². The van der Waals surface area contributed by atoms with E-state index in [9.17, 15) is 0 Å². The second kappa shape index (κ2) is 12.1. The molecule has 0 spiro atoms. The van der Waals surface area contributed by atoms with E-state index in [-0.39, 0.29) is 11.5 Å². The standard InChI is InChI=1S/C40H41N6PS/c1-29-37-39(46(42-29)32-20-12-7-13-21-32)41-28-35(38-40(2,3)33-22-14-15-23-34(33)43(38)4)47(37,48)45-26-24-44(25-27-45)36(30-16-8-5-9-17-30)31-18-10-6-11-19-31/h5-23,28,36H,24-27H2,1-4H3. The highest BCUT2D eigenvalue weighted by Crippen LogP contribution is 2.64. The molecule has 1 unspecified atom stereocenters. The van der Waals surface area contributed by atoms with Crippen molar-refractivity contribution in [2.24, 2.45) is 4.99 Å². The third-order valence-electron chi connectivity index (χ3n) is 10.3. The quantitative estimate of drug-likeness (QED) is 0.178. The average molecular weight is 669 g/mol. The second-order valence-corrected chi connectivity index (χ2v) is 17.7. The van der Waals surface area contributed by atoms with Gasteiger partial charge in [0.25, 0.3) is 0 Å². The number of nitrogens with zero attached hydrogens (tertiary/aromatic N) is 6. The molecule has 0 N–H and O–H groups in total. The van der Waals surface area contributed by atoms with Gasteiger partial charge in [-0.15, -0.1) is 0 Å². The fourth-order valence-electron chi connectivity index (χ4n) is 8.14. The fraction of sp³-hybridized carbons (Fsp3) is 0.250. The molecule has 1 atom stereocenters. The number of rotatable bonds is 5. The summed E-state index contributed by atoms with van der Waals surface area (Å²) in [5.74, 6) is 0.872. The van der Waals surface area contributed by atoms with Crippen LogP contribution in [0.25, 0.3) is 5.69 Å². The Hall–Kier alpha value is -4.13. The number of aryl methyl sites for hydroxylation is 1. The largest absolute Gasteiger partial charge is 0.346 e. The van der Waals surface area contributed by atoms with Crippen LogP contribution in [0.4, 0.5) is 11.5 Å². The highest BCUT2D eigenvalue weighted by atomic mass is 32.4. The van der Waals surface area contributed by atoms with Crippen molar-refractivity contribution in [3.63, 3.8) is 0 Å². The Labute approximate surface area is 289 Å². The number of anilines is 1. The van der Waals surface area contributed by atoms with Gasteiger partial charge in [-0.05, 0) is 41.8 Å². The first-order valence-electron chi connectivity index (χ1n) is 16.8. The van der Waals surface area contributed by atoms with Crippen LogP contribution in [0.15, 0.2) is 131 Å². The zero-order valence-corrected chi connectivity index (χ0v) is 29.7. The zero-order valence-electron chi connectivity index (χ0n) is 28.0. The first kappa shape index (κ1) is 31.2.